The first kappa shape index (κ1) is 76.3. The van der Waals surface area contributed by atoms with Crippen LogP contribution in [-0.2, 0) is 14.3 Å². The molecule has 78 heavy (non-hydrogen) atoms. The highest BCUT2D eigenvalue weighted by molar-refractivity contribution is 5.76. The summed E-state index contributed by atoms with van der Waals surface area (Å²) >= 11 is 0. The molecule has 0 rings (SSSR count). The molecular weight excluding hydrogens is 959 g/mol. The zero-order valence-corrected chi connectivity index (χ0v) is 52.9. The third kappa shape index (κ3) is 63.5. The predicted octanol–water partition coefficient (Wildman–Crippen LogP) is 22.9. The molecule has 6 nitrogen and oxygen atoms in total. The Labute approximate surface area is 488 Å². The summed E-state index contributed by atoms with van der Waals surface area (Å²) in [6.07, 6.45) is 85.2. The maximum atomic E-state index is 12.5. The highest BCUT2D eigenvalue weighted by Gasteiger charge is 2.20. The quantitative estimate of drug-likeness (QED) is 0.0320. The number of hydrogen-bond donors (Lipinski definition) is 3. The monoisotopic (exact) mass is 1100 g/mol. The molecule has 2 atom stereocenters. The molecule has 0 aromatic rings. The van der Waals surface area contributed by atoms with Gasteiger partial charge in [-0.2, -0.15) is 0 Å². The van der Waals surface area contributed by atoms with Gasteiger partial charge in [-0.1, -0.05) is 334 Å². The standard InChI is InChI=1S/C72H139NO5/c1-3-5-7-9-11-13-15-17-18-19-32-35-38-41-44-48-52-56-60-64-70(75)69(68-74)73-71(76)65-61-57-53-49-45-42-39-36-33-30-28-26-24-22-20-21-23-25-27-29-31-34-37-40-43-47-51-55-59-63-67-78-72(77)66-62-58-54-50-46-16-14-12-10-8-6-4-2/h12,14,21,23,69-70,74-75H,3-11,13,15-20,22,24-68H2,1-2H3,(H,73,76)/b14-12-,23-21-. The van der Waals surface area contributed by atoms with Crippen LogP contribution in [-0.4, -0.2) is 47.4 Å². The van der Waals surface area contributed by atoms with Crippen LogP contribution in [0.3, 0.4) is 0 Å². The minimum Gasteiger partial charge on any atom is -0.466 e. The van der Waals surface area contributed by atoms with Gasteiger partial charge in [0.05, 0.1) is 25.4 Å². The Morgan fingerprint density at radius 2 is 0.603 bits per heavy atom. The van der Waals surface area contributed by atoms with Crippen molar-refractivity contribution >= 4 is 11.9 Å². The van der Waals surface area contributed by atoms with Crippen molar-refractivity contribution in [1.29, 1.82) is 0 Å². The van der Waals surface area contributed by atoms with Gasteiger partial charge in [-0.05, 0) is 77.0 Å². The number of esters is 1. The molecule has 462 valence electrons. The van der Waals surface area contributed by atoms with Gasteiger partial charge in [0.25, 0.3) is 0 Å². The van der Waals surface area contributed by atoms with E-state index in [9.17, 15) is 19.8 Å². The molecule has 3 N–H and O–H groups in total. The summed E-state index contributed by atoms with van der Waals surface area (Å²) in [6.45, 7) is 4.96. The predicted molar refractivity (Wildman–Crippen MR) is 343 cm³/mol. The number of carbonyl (C=O) groups is 2. The number of carbonyl (C=O) groups excluding carboxylic acids is 2. The smallest absolute Gasteiger partial charge is 0.305 e. The molecule has 0 heterocycles. The molecule has 0 fully saturated rings. The van der Waals surface area contributed by atoms with Gasteiger partial charge in [0.1, 0.15) is 0 Å². The van der Waals surface area contributed by atoms with Gasteiger partial charge in [0, 0.05) is 12.8 Å². The van der Waals surface area contributed by atoms with Crippen molar-refractivity contribution in [1.82, 2.24) is 5.32 Å². The summed E-state index contributed by atoms with van der Waals surface area (Å²) in [5.41, 5.74) is 0. The lowest BCUT2D eigenvalue weighted by Crippen LogP contribution is -2.45. The lowest BCUT2D eigenvalue weighted by molar-refractivity contribution is -0.143. The topological polar surface area (TPSA) is 95.9 Å². The van der Waals surface area contributed by atoms with Crippen molar-refractivity contribution < 1.29 is 24.5 Å². The number of ether oxygens (including phenoxy) is 1. The number of aliphatic hydroxyl groups excluding tert-OH is 2. The largest absolute Gasteiger partial charge is 0.466 e. The van der Waals surface area contributed by atoms with E-state index in [0.29, 0.717) is 25.9 Å². The van der Waals surface area contributed by atoms with Crippen LogP contribution in [0, 0.1) is 0 Å². The van der Waals surface area contributed by atoms with Gasteiger partial charge in [-0.25, -0.2) is 0 Å². The first-order chi connectivity index (χ1) is 38.5. The van der Waals surface area contributed by atoms with Gasteiger partial charge in [-0.15, -0.1) is 0 Å². The third-order valence-electron chi connectivity index (χ3n) is 16.7. The molecule has 0 spiro atoms. The second-order valence-electron chi connectivity index (χ2n) is 24.6. The van der Waals surface area contributed by atoms with Gasteiger partial charge in [0.15, 0.2) is 0 Å². The molecule has 0 bridgehead atoms. The Balaban J connectivity index is 3.37. The number of unbranched alkanes of at least 4 members (excludes halogenated alkanes) is 52. The van der Waals surface area contributed by atoms with Gasteiger partial charge in [-0.3, -0.25) is 9.59 Å². The van der Waals surface area contributed by atoms with Crippen molar-refractivity contribution in [3.63, 3.8) is 0 Å². The fourth-order valence-corrected chi connectivity index (χ4v) is 11.3. The summed E-state index contributed by atoms with van der Waals surface area (Å²) in [6, 6.07) is -0.541. The van der Waals surface area contributed by atoms with Gasteiger partial charge in [0.2, 0.25) is 5.91 Å². The minimum atomic E-state index is -0.664. The van der Waals surface area contributed by atoms with Crippen molar-refractivity contribution in [2.24, 2.45) is 0 Å². The molecule has 1 amide bonds. The van der Waals surface area contributed by atoms with Crippen LogP contribution in [0.4, 0.5) is 0 Å². The first-order valence-corrected chi connectivity index (χ1v) is 35.6. The molecule has 6 heteroatoms. The Hall–Kier alpha value is -1.66. The van der Waals surface area contributed by atoms with Crippen molar-refractivity contribution in [2.45, 2.75) is 411 Å². The van der Waals surface area contributed by atoms with Crippen LogP contribution < -0.4 is 5.32 Å². The van der Waals surface area contributed by atoms with E-state index in [1.54, 1.807) is 0 Å². The molecular formula is C72H139NO5. The van der Waals surface area contributed by atoms with E-state index in [2.05, 4.69) is 43.5 Å². The van der Waals surface area contributed by atoms with E-state index in [1.807, 2.05) is 0 Å². The zero-order valence-electron chi connectivity index (χ0n) is 52.9. The third-order valence-corrected chi connectivity index (χ3v) is 16.7. The molecule has 0 aliphatic carbocycles. The first-order valence-electron chi connectivity index (χ1n) is 35.6. The van der Waals surface area contributed by atoms with Crippen LogP contribution in [0.1, 0.15) is 399 Å². The van der Waals surface area contributed by atoms with Crippen LogP contribution in [0.5, 0.6) is 0 Å². The summed E-state index contributed by atoms with van der Waals surface area (Å²) < 4.78 is 5.47. The van der Waals surface area contributed by atoms with Crippen LogP contribution in [0.15, 0.2) is 24.3 Å². The van der Waals surface area contributed by atoms with E-state index >= 15 is 0 Å². The number of hydrogen-bond acceptors (Lipinski definition) is 5. The van der Waals surface area contributed by atoms with E-state index in [0.717, 1.165) is 44.9 Å². The molecule has 0 aromatic heterocycles. The zero-order chi connectivity index (χ0) is 56.4. The Kier molecular flexibility index (Phi) is 66.4. The summed E-state index contributed by atoms with van der Waals surface area (Å²) in [5, 5.41) is 23.4. The molecule has 0 aliphatic rings. The molecule has 0 aromatic carbocycles. The molecule has 0 saturated heterocycles. The maximum absolute atomic E-state index is 12.5. The van der Waals surface area contributed by atoms with Crippen LogP contribution >= 0.6 is 0 Å². The minimum absolute atomic E-state index is 0.00758. The van der Waals surface area contributed by atoms with E-state index in [1.165, 1.54) is 321 Å². The van der Waals surface area contributed by atoms with E-state index in [4.69, 9.17) is 4.74 Å². The number of nitrogens with one attached hydrogen (secondary N) is 1. The fourth-order valence-electron chi connectivity index (χ4n) is 11.3. The molecule has 0 saturated carbocycles. The summed E-state index contributed by atoms with van der Waals surface area (Å²) in [5.74, 6) is -0.0218. The van der Waals surface area contributed by atoms with Gasteiger partial charge < -0.3 is 20.3 Å². The summed E-state index contributed by atoms with van der Waals surface area (Å²) in [4.78, 5) is 24.6. The fraction of sp³-hybridized carbons (Fsp3) is 0.917. The second kappa shape index (κ2) is 67.8. The SMILES string of the molecule is CCCCC/C=C\CCCCCCCC(=O)OCCCCCCCCCCCCCC/C=C\CCCCCCCCCCCCCCCCC(=O)NC(CO)C(O)CCCCCCCCCCCCCCCCCCCCC. The van der Waals surface area contributed by atoms with E-state index < -0.39 is 12.1 Å². The Morgan fingerprint density at radius 3 is 0.936 bits per heavy atom. The number of allylic oxidation sites excluding steroid dienone is 4. The average Bonchev–Trinajstić information content (AvgIpc) is 3.44. The maximum Gasteiger partial charge on any atom is 0.305 e. The summed E-state index contributed by atoms with van der Waals surface area (Å²) in [7, 11) is 0. The second-order valence-corrected chi connectivity index (χ2v) is 24.6. The average molecular weight is 1100 g/mol. The number of amides is 1. The van der Waals surface area contributed by atoms with Crippen molar-refractivity contribution in [3.8, 4) is 0 Å². The molecule has 0 aliphatic heterocycles. The van der Waals surface area contributed by atoms with E-state index in [-0.39, 0.29) is 18.5 Å². The highest BCUT2D eigenvalue weighted by atomic mass is 16.5. The molecule has 0 radical (unpaired) electrons. The van der Waals surface area contributed by atoms with Crippen LogP contribution in [0.25, 0.3) is 0 Å². The molecule has 2 unspecified atom stereocenters. The van der Waals surface area contributed by atoms with Crippen molar-refractivity contribution in [3.05, 3.63) is 24.3 Å². The Morgan fingerprint density at radius 1 is 0.346 bits per heavy atom. The van der Waals surface area contributed by atoms with Gasteiger partial charge >= 0.3 is 5.97 Å². The van der Waals surface area contributed by atoms with Crippen molar-refractivity contribution in [2.75, 3.05) is 13.2 Å². The number of rotatable bonds is 67. The Bertz CT molecular complexity index is 1220. The lowest BCUT2D eigenvalue weighted by Gasteiger charge is -2.22. The normalized spacial score (nSPS) is 12.6. The van der Waals surface area contributed by atoms with Crippen LogP contribution in [0.2, 0.25) is 0 Å². The highest BCUT2D eigenvalue weighted by Crippen LogP contribution is 2.19. The lowest BCUT2D eigenvalue weighted by atomic mass is 10.0. The number of aliphatic hydroxyl groups is 2.